The first-order valence-corrected chi connectivity index (χ1v) is 12.3. The number of carbonyl (C=O) groups excluding carboxylic acids is 2. The highest BCUT2D eigenvalue weighted by Gasteiger charge is 2.47. The minimum Gasteiger partial charge on any atom is -0.278 e. The molecule has 1 heterocycles. The molecule has 1 saturated heterocycles. The summed E-state index contributed by atoms with van der Waals surface area (Å²) in [6.07, 6.45) is 3.49. The Morgan fingerprint density at radius 3 is 2.16 bits per heavy atom. The van der Waals surface area contributed by atoms with Gasteiger partial charge < -0.3 is 0 Å². The Morgan fingerprint density at radius 2 is 1.58 bits per heavy atom. The van der Waals surface area contributed by atoms with Gasteiger partial charge in [-0.25, -0.2) is 8.42 Å². The molecule has 1 saturated carbocycles. The zero-order valence-corrected chi connectivity index (χ0v) is 18.8. The molecule has 0 radical (unpaired) electrons. The van der Waals surface area contributed by atoms with Crippen molar-refractivity contribution in [3.8, 4) is 0 Å². The maximum absolute atomic E-state index is 13.5. The molecule has 2 atom stereocenters. The number of para-hydroxylation sites is 1. The molecule has 2 unspecified atom stereocenters. The van der Waals surface area contributed by atoms with E-state index in [1.54, 1.807) is 56.3 Å². The Labute approximate surface area is 183 Å². The average molecular weight is 441 g/mol. The number of aryl methyl sites for hydroxylation is 1. The van der Waals surface area contributed by atoms with Gasteiger partial charge >= 0.3 is 0 Å². The van der Waals surface area contributed by atoms with Gasteiger partial charge in [-0.15, -0.1) is 0 Å². The van der Waals surface area contributed by atoms with Gasteiger partial charge in [0, 0.05) is 6.54 Å². The molecule has 2 aromatic carbocycles. The normalized spacial score (nSPS) is 21.3. The summed E-state index contributed by atoms with van der Waals surface area (Å²) in [6.45, 7) is 3.97. The van der Waals surface area contributed by atoms with E-state index >= 15 is 0 Å². The third kappa shape index (κ3) is 3.87. The summed E-state index contributed by atoms with van der Waals surface area (Å²) >= 11 is 0. The highest BCUT2D eigenvalue weighted by atomic mass is 32.2. The first-order valence-electron chi connectivity index (χ1n) is 10.9. The fourth-order valence-electron chi connectivity index (χ4n) is 4.79. The van der Waals surface area contributed by atoms with E-state index in [0.717, 1.165) is 25.7 Å². The zero-order valence-electron chi connectivity index (χ0n) is 18.0. The minimum absolute atomic E-state index is 0.112. The first-order chi connectivity index (χ1) is 14.8. The van der Waals surface area contributed by atoms with E-state index in [-0.39, 0.29) is 35.1 Å². The van der Waals surface area contributed by atoms with E-state index in [4.69, 9.17) is 0 Å². The minimum atomic E-state index is -3.79. The van der Waals surface area contributed by atoms with Crippen LogP contribution in [0.4, 0.5) is 5.69 Å². The number of benzene rings is 2. The molecule has 31 heavy (non-hydrogen) atoms. The molecular weight excluding hydrogens is 412 g/mol. The Hall–Kier alpha value is -2.67. The summed E-state index contributed by atoms with van der Waals surface area (Å²) in [5.41, 5.74) is 1.88. The molecule has 0 N–H and O–H groups in total. The van der Waals surface area contributed by atoms with Crippen molar-refractivity contribution in [2.45, 2.75) is 51.0 Å². The number of imide groups is 1. The number of hydrogen-bond donors (Lipinski definition) is 0. The molecule has 2 aromatic rings. The summed E-state index contributed by atoms with van der Waals surface area (Å²) < 4.78 is 28.3. The van der Waals surface area contributed by atoms with Gasteiger partial charge in [0.2, 0.25) is 11.8 Å². The molecule has 7 heteroatoms. The highest BCUT2D eigenvalue weighted by Crippen LogP contribution is 2.38. The standard InChI is InChI=1S/C24H28N2O4S/c1-3-26(19-9-5-4-6-10-19)31(29,30)22-15-18(14-13-17(22)2)16-25-23(27)20-11-7-8-12-21(20)24(25)28/h4-6,9-10,13-15,20-21H,3,7-8,11-12,16H2,1-2H3. The van der Waals surface area contributed by atoms with Crippen molar-refractivity contribution < 1.29 is 18.0 Å². The van der Waals surface area contributed by atoms with Gasteiger partial charge in [-0.1, -0.05) is 43.2 Å². The van der Waals surface area contributed by atoms with Crippen LogP contribution in [0.5, 0.6) is 0 Å². The van der Waals surface area contributed by atoms with Crippen molar-refractivity contribution in [1.82, 2.24) is 4.90 Å². The van der Waals surface area contributed by atoms with Crippen LogP contribution in [0, 0.1) is 18.8 Å². The topological polar surface area (TPSA) is 74.8 Å². The number of anilines is 1. The van der Waals surface area contributed by atoms with Gasteiger partial charge in [0.15, 0.2) is 0 Å². The Balaban J connectivity index is 1.64. The second kappa shape index (κ2) is 8.46. The SMILES string of the molecule is CCN(c1ccccc1)S(=O)(=O)c1cc(CN2C(=O)C3CCCCC3C2=O)ccc1C. The maximum Gasteiger partial charge on any atom is 0.264 e. The van der Waals surface area contributed by atoms with Crippen molar-refractivity contribution in [2.24, 2.45) is 11.8 Å². The summed E-state index contributed by atoms with van der Waals surface area (Å²) in [4.78, 5) is 27.2. The first kappa shape index (κ1) is 21.6. The summed E-state index contributed by atoms with van der Waals surface area (Å²) in [6, 6.07) is 14.2. The van der Waals surface area contributed by atoms with Crippen LogP contribution in [0.1, 0.15) is 43.7 Å². The van der Waals surface area contributed by atoms with Crippen molar-refractivity contribution in [3.63, 3.8) is 0 Å². The third-order valence-electron chi connectivity index (χ3n) is 6.43. The lowest BCUT2D eigenvalue weighted by Gasteiger charge is -2.24. The van der Waals surface area contributed by atoms with Gasteiger partial charge in [-0.3, -0.25) is 18.8 Å². The van der Waals surface area contributed by atoms with Crippen LogP contribution in [-0.4, -0.2) is 31.7 Å². The number of carbonyl (C=O) groups is 2. The molecular formula is C24H28N2O4S. The van der Waals surface area contributed by atoms with E-state index in [1.807, 2.05) is 6.07 Å². The van der Waals surface area contributed by atoms with Crippen LogP contribution < -0.4 is 4.31 Å². The van der Waals surface area contributed by atoms with Crippen molar-refractivity contribution >= 4 is 27.5 Å². The van der Waals surface area contributed by atoms with Gasteiger partial charge in [-0.2, -0.15) is 0 Å². The zero-order chi connectivity index (χ0) is 22.2. The monoisotopic (exact) mass is 440 g/mol. The molecule has 164 valence electrons. The lowest BCUT2D eigenvalue weighted by molar-refractivity contribution is -0.140. The molecule has 4 rings (SSSR count). The van der Waals surface area contributed by atoms with Crippen LogP contribution in [-0.2, 0) is 26.2 Å². The average Bonchev–Trinajstić information content (AvgIpc) is 3.01. The number of sulfonamides is 1. The Morgan fingerprint density at radius 1 is 0.968 bits per heavy atom. The predicted molar refractivity (Wildman–Crippen MR) is 119 cm³/mol. The van der Waals surface area contributed by atoms with Gasteiger partial charge in [0.1, 0.15) is 0 Å². The van der Waals surface area contributed by atoms with E-state index in [1.165, 1.54) is 9.21 Å². The second-order valence-electron chi connectivity index (χ2n) is 8.37. The lowest BCUT2D eigenvalue weighted by Crippen LogP contribution is -2.32. The van der Waals surface area contributed by atoms with Gasteiger partial charge in [0.25, 0.3) is 10.0 Å². The quantitative estimate of drug-likeness (QED) is 0.639. The Kier molecular flexibility index (Phi) is 5.88. The van der Waals surface area contributed by atoms with Gasteiger partial charge in [-0.05, 0) is 56.0 Å². The molecule has 0 aromatic heterocycles. The molecule has 2 aliphatic rings. The van der Waals surface area contributed by atoms with E-state index in [2.05, 4.69) is 0 Å². The predicted octanol–water partition coefficient (Wildman–Crippen LogP) is 3.89. The second-order valence-corrected chi connectivity index (χ2v) is 10.2. The fraction of sp³-hybridized carbons (Fsp3) is 0.417. The molecule has 1 aliphatic heterocycles. The lowest BCUT2D eigenvalue weighted by atomic mass is 9.81. The van der Waals surface area contributed by atoms with Crippen LogP contribution in [0.25, 0.3) is 0 Å². The third-order valence-corrected chi connectivity index (χ3v) is 8.47. The molecule has 1 aliphatic carbocycles. The van der Waals surface area contributed by atoms with E-state index in [0.29, 0.717) is 23.4 Å². The van der Waals surface area contributed by atoms with Crippen LogP contribution >= 0.6 is 0 Å². The van der Waals surface area contributed by atoms with E-state index < -0.39 is 10.0 Å². The molecule has 6 nitrogen and oxygen atoms in total. The number of amides is 2. The fourth-order valence-corrected chi connectivity index (χ4v) is 6.55. The highest BCUT2D eigenvalue weighted by molar-refractivity contribution is 7.92. The number of hydrogen-bond acceptors (Lipinski definition) is 4. The molecule has 2 amide bonds. The molecule has 2 fully saturated rings. The largest absolute Gasteiger partial charge is 0.278 e. The smallest absolute Gasteiger partial charge is 0.264 e. The van der Waals surface area contributed by atoms with Crippen molar-refractivity contribution in [1.29, 1.82) is 0 Å². The van der Waals surface area contributed by atoms with Crippen LogP contribution in [0.2, 0.25) is 0 Å². The summed E-state index contributed by atoms with van der Waals surface area (Å²) in [5.74, 6) is -0.634. The number of nitrogens with zero attached hydrogens (tertiary/aromatic N) is 2. The number of rotatable bonds is 6. The maximum atomic E-state index is 13.5. The van der Waals surface area contributed by atoms with Crippen LogP contribution in [0.15, 0.2) is 53.4 Å². The Bertz CT molecular complexity index is 1070. The molecule has 0 bridgehead atoms. The number of likely N-dealkylation sites (tertiary alicyclic amines) is 1. The van der Waals surface area contributed by atoms with Crippen LogP contribution in [0.3, 0.4) is 0 Å². The van der Waals surface area contributed by atoms with E-state index in [9.17, 15) is 18.0 Å². The van der Waals surface area contributed by atoms with Crippen molar-refractivity contribution in [2.75, 3.05) is 10.8 Å². The molecule has 0 spiro atoms. The number of fused-ring (bicyclic) bond motifs is 1. The summed E-state index contributed by atoms with van der Waals surface area (Å²) in [5, 5.41) is 0. The summed E-state index contributed by atoms with van der Waals surface area (Å²) in [7, 11) is -3.79. The van der Waals surface area contributed by atoms with Crippen molar-refractivity contribution in [3.05, 3.63) is 59.7 Å². The van der Waals surface area contributed by atoms with Gasteiger partial charge in [0.05, 0.1) is 29.0 Å².